The van der Waals surface area contributed by atoms with Gasteiger partial charge in [0.15, 0.2) is 0 Å². The summed E-state index contributed by atoms with van der Waals surface area (Å²) in [6.07, 6.45) is 3.65. The molecule has 1 aromatic carbocycles. The van der Waals surface area contributed by atoms with Gasteiger partial charge in [0.2, 0.25) is 0 Å². The number of nitrogens with zero attached hydrogens (tertiary/aromatic N) is 1. The van der Waals surface area contributed by atoms with Gasteiger partial charge in [-0.25, -0.2) is 0 Å². The lowest BCUT2D eigenvalue weighted by Gasteiger charge is -2.17. The van der Waals surface area contributed by atoms with Gasteiger partial charge in [-0.15, -0.1) is 0 Å². The zero-order valence-corrected chi connectivity index (χ0v) is 11.8. The SMILES string of the molecule is CCNC(c1coc(C)c1)c1ccc2ncccc2c1. The summed E-state index contributed by atoms with van der Waals surface area (Å²) >= 11 is 0. The highest BCUT2D eigenvalue weighted by atomic mass is 16.3. The first kappa shape index (κ1) is 12.9. The van der Waals surface area contributed by atoms with Crippen LogP contribution in [0.4, 0.5) is 0 Å². The smallest absolute Gasteiger partial charge is 0.101 e. The molecule has 2 heterocycles. The third-order valence-electron chi connectivity index (χ3n) is 3.45. The van der Waals surface area contributed by atoms with Crippen LogP contribution in [0.5, 0.6) is 0 Å². The number of benzene rings is 1. The molecule has 0 amide bonds. The third-order valence-corrected chi connectivity index (χ3v) is 3.45. The second-order valence-electron chi connectivity index (χ2n) is 4.94. The molecule has 3 nitrogen and oxygen atoms in total. The van der Waals surface area contributed by atoms with Crippen molar-refractivity contribution in [3.05, 3.63) is 65.7 Å². The van der Waals surface area contributed by atoms with Crippen molar-refractivity contribution in [2.75, 3.05) is 6.54 Å². The third kappa shape index (κ3) is 2.45. The van der Waals surface area contributed by atoms with Crippen molar-refractivity contribution in [1.29, 1.82) is 0 Å². The van der Waals surface area contributed by atoms with Gasteiger partial charge in [-0.2, -0.15) is 0 Å². The molecule has 0 spiro atoms. The number of aryl methyl sites for hydroxylation is 1. The maximum absolute atomic E-state index is 5.45. The fourth-order valence-electron chi connectivity index (χ4n) is 2.52. The quantitative estimate of drug-likeness (QED) is 0.779. The van der Waals surface area contributed by atoms with Crippen LogP contribution in [0.2, 0.25) is 0 Å². The molecule has 3 heteroatoms. The van der Waals surface area contributed by atoms with Gasteiger partial charge in [-0.3, -0.25) is 4.98 Å². The van der Waals surface area contributed by atoms with Gasteiger partial charge in [0.25, 0.3) is 0 Å². The monoisotopic (exact) mass is 266 g/mol. The zero-order chi connectivity index (χ0) is 13.9. The molecule has 0 aliphatic carbocycles. The number of aromatic nitrogens is 1. The van der Waals surface area contributed by atoms with Crippen molar-refractivity contribution >= 4 is 10.9 Å². The Labute approximate surface area is 118 Å². The number of fused-ring (bicyclic) bond motifs is 1. The predicted molar refractivity (Wildman–Crippen MR) is 80.7 cm³/mol. The number of pyridine rings is 1. The molecule has 102 valence electrons. The first-order valence-electron chi connectivity index (χ1n) is 6.91. The minimum Gasteiger partial charge on any atom is -0.469 e. The van der Waals surface area contributed by atoms with E-state index in [2.05, 4.69) is 47.6 Å². The first-order chi connectivity index (χ1) is 9.78. The van der Waals surface area contributed by atoms with Crippen LogP contribution in [0, 0.1) is 6.92 Å². The molecule has 0 saturated carbocycles. The van der Waals surface area contributed by atoms with Gasteiger partial charge in [0.1, 0.15) is 5.76 Å². The van der Waals surface area contributed by atoms with E-state index in [4.69, 9.17) is 4.42 Å². The molecule has 20 heavy (non-hydrogen) atoms. The van der Waals surface area contributed by atoms with Gasteiger partial charge in [-0.05, 0) is 43.3 Å². The fraction of sp³-hybridized carbons (Fsp3) is 0.235. The zero-order valence-electron chi connectivity index (χ0n) is 11.8. The molecule has 0 fully saturated rings. The number of rotatable bonds is 4. The van der Waals surface area contributed by atoms with Crippen LogP contribution in [-0.4, -0.2) is 11.5 Å². The molecule has 3 aromatic rings. The van der Waals surface area contributed by atoms with Crippen LogP contribution in [0.3, 0.4) is 0 Å². The molecule has 3 rings (SSSR count). The summed E-state index contributed by atoms with van der Waals surface area (Å²) in [6.45, 7) is 4.99. The Hall–Kier alpha value is -2.13. The first-order valence-corrected chi connectivity index (χ1v) is 6.91. The van der Waals surface area contributed by atoms with Crippen LogP contribution in [0.1, 0.15) is 29.9 Å². The average Bonchev–Trinajstić information content (AvgIpc) is 2.90. The van der Waals surface area contributed by atoms with Gasteiger partial charge in [0, 0.05) is 17.1 Å². The summed E-state index contributed by atoms with van der Waals surface area (Å²) < 4.78 is 5.45. The van der Waals surface area contributed by atoms with E-state index < -0.39 is 0 Å². The summed E-state index contributed by atoms with van der Waals surface area (Å²) in [5, 5.41) is 4.67. The lowest BCUT2D eigenvalue weighted by atomic mass is 9.99. The Morgan fingerprint density at radius 1 is 1.20 bits per heavy atom. The highest BCUT2D eigenvalue weighted by Gasteiger charge is 2.15. The molecule has 0 bridgehead atoms. The molecule has 0 saturated heterocycles. The minimum atomic E-state index is 0.155. The molecule has 1 N–H and O–H groups in total. The maximum atomic E-state index is 5.45. The molecular weight excluding hydrogens is 248 g/mol. The highest BCUT2D eigenvalue weighted by molar-refractivity contribution is 5.79. The summed E-state index contributed by atoms with van der Waals surface area (Å²) in [4.78, 5) is 4.37. The number of furan rings is 1. The van der Waals surface area contributed by atoms with E-state index in [-0.39, 0.29) is 6.04 Å². The molecule has 2 aromatic heterocycles. The summed E-state index contributed by atoms with van der Waals surface area (Å²) in [6, 6.07) is 12.7. The Kier molecular flexibility index (Phi) is 3.52. The fourth-order valence-corrected chi connectivity index (χ4v) is 2.52. The second kappa shape index (κ2) is 5.47. The van der Waals surface area contributed by atoms with Gasteiger partial charge < -0.3 is 9.73 Å². The largest absolute Gasteiger partial charge is 0.469 e. The minimum absolute atomic E-state index is 0.155. The topological polar surface area (TPSA) is 38.1 Å². The van der Waals surface area contributed by atoms with E-state index in [1.54, 1.807) is 0 Å². The molecular formula is C17H18N2O. The number of hydrogen-bond donors (Lipinski definition) is 1. The summed E-state index contributed by atoms with van der Waals surface area (Å²) in [5.41, 5.74) is 3.41. The van der Waals surface area contributed by atoms with Crippen molar-refractivity contribution in [1.82, 2.24) is 10.3 Å². The summed E-state index contributed by atoms with van der Waals surface area (Å²) in [7, 11) is 0. The average molecular weight is 266 g/mol. The summed E-state index contributed by atoms with van der Waals surface area (Å²) in [5.74, 6) is 0.936. The Morgan fingerprint density at radius 2 is 2.10 bits per heavy atom. The molecule has 0 aliphatic heterocycles. The van der Waals surface area contributed by atoms with E-state index in [9.17, 15) is 0 Å². The normalized spacial score (nSPS) is 12.7. The standard InChI is InChI=1S/C17H18N2O/c1-3-18-17(15-9-12(2)20-11-15)14-6-7-16-13(10-14)5-4-8-19-16/h4-11,17-18H,3H2,1-2H3. The van der Waals surface area contributed by atoms with Crippen molar-refractivity contribution < 1.29 is 4.42 Å². The Morgan fingerprint density at radius 3 is 2.85 bits per heavy atom. The van der Waals surface area contributed by atoms with Crippen LogP contribution in [-0.2, 0) is 0 Å². The lowest BCUT2D eigenvalue weighted by Crippen LogP contribution is -2.21. The van der Waals surface area contributed by atoms with Crippen molar-refractivity contribution in [2.24, 2.45) is 0 Å². The maximum Gasteiger partial charge on any atom is 0.101 e. The van der Waals surface area contributed by atoms with Crippen molar-refractivity contribution in [3.8, 4) is 0 Å². The van der Waals surface area contributed by atoms with Crippen molar-refractivity contribution in [3.63, 3.8) is 0 Å². The van der Waals surface area contributed by atoms with Gasteiger partial charge >= 0.3 is 0 Å². The van der Waals surface area contributed by atoms with E-state index in [0.717, 1.165) is 28.8 Å². The van der Waals surface area contributed by atoms with E-state index in [0.29, 0.717) is 0 Å². The second-order valence-corrected chi connectivity index (χ2v) is 4.94. The molecule has 0 radical (unpaired) electrons. The molecule has 1 atom stereocenters. The van der Waals surface area contributed by atoms with E-state index in [1.165, 1.54) is 5.56 Å². The molecule has 0 aliphatic rings. The Balaban J connectivity index is 2.04. The molecule has 1 unspecified atom stereocenters. The van der Waals surface area contributed by atoms with Gasteiger partial charge in [-0.1, -0.05) is 19.1 Å². The van der Waals surface area contributed by atoms with E-state index in [1.807, 2.05) is 25.5 Å². The van der Waals surface area contributed by atoms with Crippen molar-refractivity contribution in [2.45, 2.75) is 19.9 Å². The van der Waals surface area contributed by atoms with Crippen LogP contribution in [0.15, 0.2) is 53.3 Å². The van der Waals surface area contributed by atoms with E-state index >= 15 is 0 Å². The van der Waals surface area contributed by atoms with Crippen LogP contribution >= 0.6 is 0 Å². The number of nitrogens with one attached hydrogen (secondary N) is 1. The highest BCUT2D eigenvalue weighted by Crippen LogP contribution is 2.26. The van der Waals surface area contributed by atoms with Crippen LogP contribution in [0.25, 0.3) is 10.9 Å². The Bertz CT molecular complexity index is 718. The lowest BCUT2D eigenvalue weighted by molar-refractivity contribution is 0.525. The van der Waals surface area contributed by atoms with Gasteiger partial charge in [0.05, 0.1) is 17.8 Å². The number of hydrogen-bond acceptors (Lipinski definition) is 3. The predicted octanol–water partition coefficient (Wildman–Crippen LogP) is 3.84. The van der Waals surface area contributed by atoms with Crippen LogP contribution < -0.4 is 5.32 Å².